The average Bonchev–Trinajstić information content (AvgIpc) is 3.35. The topological polar surface area (TPSA) is 98.7 Å². The molecule has 0 spiro atoms. The molecule has 1 aromatic carbocycles. The molecule has 0 atom stereocenters. The minimum atomic E-state index is -0.577. The maximum absolute atomic E-state index is 12.5. The zero-order valence-electron chi connectivity index (χ0n) is 17.4. The van der Waals surface area contributed by atoms with Gasteiger partial charge in [-0.25, -0.2) is 9.78 Å². The number of hydrogen-bond donors (Lipinski definition) is 0. The van der Waals surface area contributed by atoms with Crippen molar-refractivity contribution in [2.24, 2.45) is 0 Å². The fourth-order valence-corrected chi connectivity index (χ4v) is 3.76. The third kappa shape index (κ3) is 3.94. The Bertz CT molecular complexity index is 1030. The number of esters is 1. The van der Waals surface area contributed by atoms with Crippen molar-refractivity contribution in [1.29, 1.82) is 0 Å². The van der Waals surface area contributed by atoms with E-state index in [0.29, 0.717) is 30.1 Å². The molecule has 8 nitrogen and oxygen atoms in total. The molecule has 0 N–H and O–H groups in total. The molecule has 0 radical (unpaired) electrons. The molecule has 0 saturated carbocycles. The van der Waals surface area contributed by atoms with Crippen LogP contribution in [-0.4, -0.2) is 46.6 Å². The number of likely N-dealkylation sites (tertiary alicyclic amines) is 1. The van der Waals surface area contributed by atoms with Gasteiger partial charge in [-0.2, -0.15) is 0 Å². The summed E-state index contributed by atoms with van der Waals surface area (Å²) < 4.78 is 16.3. The molecule has 0 bridgehead atoms. The number of para-hydroxylation sites is 2. The standard InChI is InChI=1S/C22H25N3O5/c1-13(2)20-19(14(3)24-30-20)22(27)28-12-18(26)25-10-8-15(9-11-25)21-23-16-6-4-5-7-17(16)29-21/h4-7,13,15H,8-12H2,1-3H3. The van der Waals surface area contributed by atoms with E-state index in [0.717, 1.165) is 29.8 Å². The van der Waals surface area contributed by atoms with Crippen LogP contribution >= 0.6 is 0 Å². The van der Waals surface area contributed by atoms with Crippen LogP contribution in [0, 0.1) is 6.92 Å². The lowest BCUT2D eigenvalue weighted by atomic mass is 9.97. The van der Waals surface area contributed by atoms with E-state index in [4.69, 9.17) is 13.7 Å². The highest BCUT2D eigenvalue weighted by Gasteiger charge is 2.29. The smallest absolute Gasteiger partial charge is 0.344 e. The lowest BCUT2D eigenvalue weighted by Gasteiger charge is -2.30. The van der Waals surface area contributed by atoms with Gasteiger partial charge >= 0.3 is 5.97 Å². The molecule has 3 heterocycles. The van der Waals surface area contributed by atoms with E-state index < -0.39 is 5.97 Å². The molecule has 1 aliphatic heterocycles. The van der Waals surface area contributed by atoms with Crippen LogP contribution in [0.5, 0.6) is 0 Å². The molecule has 4 rings (SSSR count). The zero-order chi connectivity index (χ0) is 21.3. The van der Waals surface area contributed by atoms with Gasteiger partial charge in [0.1, 0.15) is 11.1 Å². The highest BCUT2D eigenvalue weighted by atomic mass is 16.5. The summed E-state index contributed by atoms with van der Waals surface area (Å²) in [5.74, 6) is 0.585. The van der Waals surface area contributed by atoms with E-state index in [1.54, 1.807) is 11.8 Å². The molecule has 30 heavy (non-hydrogen) atoms. The number of aryl methyl sites for hydroxylation is 1. The monoisotopic (exact) mass is 411 g/mol. The first-order valence-corrected chi connectivity index (χ1v) is 10.2. The Morgan fingerprint density at radius 3 is 2.67 bits per heavy atom. The third-order valence-corrected chi connectivity index (χ3v) is 5.45. The lowest BCUT2D eigenvalue weighted by Crippen LogP contribution is -2.40. The number of oxazole rings is 1. The number of carbonyl (C=O) groups is 2. The molecule has 0 unspecified atom stereocenters. The first kappa shape index (κ1) is 20.1. The SMILES string of the molecule is Cc1noc(C(C)C)c1C(=O)OCC(=O)N1CCC(c2nc3ccccc3o2)CC1. The summed E-state index contributed by atoms with van der Waals surface area (Å²) in [6, 6.07) is 7.69. The fourth-order valence-electron chi connectivity index (χ4n) is 3.76. The number of ether oxygens (including phenoxy) is 1. The first-order valence-electron chi connectivity index (χ1n) is 10.2. The number of piperidine rings is 1. The van der Waals surface area contributed by atoms with Crippen molar-refractivity contribution in [1.82, 2.24) is 15.0 Å². The van der Waals surface area contributed by atoms with E-state index >= 15 is 0 Å². The normalized spacial score (nSPS) is 15.1. The maximum Gasteiger partial charge on any atom is 0.344 e. The number of fused-ring (bicyclic) bond motifs is 1. The summed E-state index contributed by atoms with van der Waals surface area (Å²) in [6.45, 7) is 6.34. The van der Waals surface area contributed by atoms with Gasteiger partial charge < -0.3 is 18.6 Å². The Kier molecular flexibility index (Phi) is 5.57. The molecule has 3 aromatic rings. The fraction of sp³-hybridized carbons (Fsp3) is 0.455. The average molecular weight is 411 g/mol. The Labute approximate surface area is 174 Å². The third-order valence-electron chi connectivity index (χ3n) is 5.45. The van der Waals surface area contributed by atoms with Crippen LogP contribution < -0.4 is 0 Å². The van der Waals surface area contributed by atoms with Gasteiger partial charge in [-0.3, -0.25) is 4.79 Å². The number of aromatic nitrogens is 2. The minimum absolute atomic E-state index is 0.00432. The summed E-state index contributed by atoms with van der Waals surface area (Å²) in [5, 5.41) is 3.84. The Morgan fingerprint density at radius 2 is 1.97 bits per heavy atom. The molecule has 1 saturated heterocycles. The van der Waals surface area contributed by atoms with E-state index in [1.165, 1.54) is 0 Å². The van der Waals surface area contributed by atoms with Crippen molar-refractivity contribution >= 4 is 23.0 Å². The van der Waals surface area contributed by atoms with Crippen molar-refractivity contribution in [2.45, 2.75) is 45.4 Å². The summed E-state index contributed by atoms with van der Waals surface area (Å²) in [5.41, 5.74) is 2.41. The van der Waals surface area contributed by atoms with Gasteiger partial charge in [0.25, 0.3) is 5.91 Å². The molecule has 1 amide bonds. The van der Waals surface area contributed by atoms with Crippen molar-refractivity contribution in [3.63, 3.8) is 0 Å². The van der Waals surface area contributed by atoms with E-state index in [9.17, 15) is 9.59 Å². The Morgan fingerprint density at radius 1 is 1.23 bits per heavy atom. The van der Waals surface area contributed by atoms with Crippen LogP contribution in [0.1, 0.15) is 66.2 Å². The van der Waals surface area contributed by atoms with Gasteiger partial charge in [-0.1, -0.05) is 31.1 Å². The molecule has 158 valence electrons. The van der Waals surface area contributed by atoms with Gasteiger partial charge in [0.2, 0.25) is 0 Å². The maximum atomic E-state index is 12.5. The van der Waals surface area contributed by atoms with E-state index in [1.807, 2.05) is 38.1 Å². The number of amides is 1. The lowest BCUT2D eigenvalue weighted by molar-refractivity contribution is -0.135. The number of carbonyl (C=O) groups excluding carboxylic acids is 2. The van der Waals surface area contributed by atoms with Gasteiger partial charge in [0.05, 0.1) is 5.69 Å². The van der Waals surface area contributed by atoms with Crippen LogP contribution in [0.15, 0.2) is 33.2 Å². The Balaban J connectivity index is 1.31. The van der Waals surface area contributed by atoms with Gasteiger partial charge in [-0.05, 0) is 31.9 Å². The van der Waals surface area contributed by atoms with Crippen molar-refractivity contribution in [2.75, 3.05) is 19.7 Å². The summed E-state index contributed by atoms with van der Waals surface area (Å²) >= 11 is 0. The molecular formula is C22H25N3O5. The number of rotatable bonds is 5. The summed E-state index contributed by atoms with van der Waals surface area (Å²) in [7, 11) is 0. The predicted molar refractivity (Wildman–Crippen MR) is 108 cm³/mol. The minimum Gasteiger partial charge on any atom is -0.452 e. The van der Waals surface area contributed by atoms with E-state index in [-0.39, 0.29) is 24.3 Å². The quantitative estimate of drug-likeness (QED) is 0.589. The second-order valence-corrected chi connectivity index (χ2v) is 7.91. The summed E-state index contributed by atoms with van der Waals surface area (Å²) in [6.07, 6.45) is 1.52. The van der Waals surface area contributed by atoms with Gasteiger partial charge in [0, 0.05) is 24.9 Å². The zero-order valence-corrected chi connectivity index (χ0v) is 17.4. The first-order chi connectivity index (χ1) is 14.4. The highest BCUT2D eigenvalue weighted by molar-refractivity contribution is 5.93. The van der Waals surface area contributed by atoms with E-state index in [2.05, 4.69) is 10.1 Å². The van der Waals surface area contributed by atoms with Crippen molar-refractivity contribution < 1.29 is 23.3 Å². The van der Waals surface area contributed by atoms with Crippen LogP contribution in [0.3, 0.4) is 0 Å². The number of benzene rings is 1. The second kappa shape index (κ2) is 8.30. The van der Waals surface area contributed by atoms with Crippen LogP contribution in [0.2, 0.25) is 0 Å². The van der Waals surface area contributed by atoms with Crippen LogP contribution in [-0.2, 0) is 9.53 Å². The second-order valence-electron chi connectivity index (χ2n) is 7.91. The molecule has 0 aliphatic carbocycles. The van der Waals surface area contributed by atoms with Crippen molar-refractivity contribution in [3.8, 4) is 0 Å². The largest absolute Gasteiger partial charge is 0.452 e. The molecular weight excluding hydrogens is 386 g/mol. The summed E-state index contributed by atoms with van der Waals surface area (Å²) in [4.78, 5) is 31.3. The molecule has 8 heteroatoms. The highest BCUT2D eigenvalue weighted by Crippen LogP contribution is 2.30. The number of nitrogens with zero attached hydrogens (tertiary/aromatic N) is 3. The number of hydrogen-bond acceptors (Lipinski definition) is 7. The molecule has 1 aliphatic rings. The van der Waals surface area contributed by atoms with Crippen LogP contribution in [0.4, 0.5) is 0 Å². The van der Waals surface area contributed by atoms with Gasteiger partial charge in [0.15, 0.2) is 23.8 Å². The predicted octanol–water partition coefficient (Wildman–Crippen LogP) is 3.81. The van der Waals surface area contributed by atoms with Crippen molar-refractivity contribution in [3.05, 3.63) is 47.2 Å². The molecule has 2 aromatic heterocycles. The van der Waals surface area contributed by atoms with Crippen LogP contribution in [0.25, 0.3) is 11.1 Å². The Hall–Kier alpha value is -3.16. The van der Waals surface area contributed by atoms with Gasteiger partial charge in [-0.15, -0.1) is 0 Å². The molecule has 1 fully saturated rings.